The van der Waals surface area contributed by atoms with Crippen LogP contribution in [-0.4, -0.2) is 59.5 Å². The molecule has 2 aromatic heterocycles. The highest BCUT2D eigenvalue weighted by atomic mass is 127. The molecule has 0 spiro atoms. The standard InChI is InChI=1S/C27H33IN5O7P/c1-2-3-7-22-32-24-25(33(22)16-18-5-4-6-21(26(18)35)40-41(36,37)38)19-14-17(8-9-20(19)31-27(24)29)10-12-39-13-11-30-23(34)15-28/h4-6,8-9,14,35H,2-3,7,10-13,15-16H2,1H3,(H2,29,31)(H,30,34)(H2,36,37,38). The Morgan fingerprint density at radius 1 is 1.17 bits per heavy atom. The molecular formula is C27H33IN5O7P. The van der Waals surface area contributed by atoms with Crippen LogP contribution in [0.25, 0.3) is 21.9 Å². The maximum absolute atomic E-state index is 11.4. The molecule has 0 aliphatic rings. The lowest BCUT2D eigenvalue weighted by molar-refractivity contribution is -0.118. The maximum Gasteiger partial charge on any atom is 0.524 e. The predicted molar refractivity (Wildman–Crippen MR) is 164 cm³/mol. The molecule has 1 amide bonds. The van der Waals surface area contributed by atoms with Gasteiger partial charge in [-0.3, -0.25) is 14.6 Å². The fraction of sp³-hybridized carbons (Fsp3) is 0.370. The van der Waals surface area contributed by atoms with Gasteiger partial charge in [-0.15, -0.1) is 0 Å². The molecule has 0 saturated heterocycles. The topological polar surface area (TPSA) is 182 Å². The summed E-state index contributed by atoms with van der Waals surface area (Å²) in [7, 11) is -4.87. The zero-order valence-electron chi connectivity index (χ0n) is 22.5. The average Bonchev–Trinajstić information content (AvgIpc) is 3.29. The van der Waals surface area contributed by atoms with Crippen molar-refractivity contribution >= 4 is 64.1 Å². The number of aromatic hydroxyl groups is 1. The van der Waals surface area contributed by atoms with E-state index in [0.29, 0.717) is 53.6 Å². The summed E-state index contributed by atoms with van der Waals surface area (Å²) in [6.45, 7) is 3.59. The molecule has 12 nitrogen and oxygen atoms in total. The molecular weight excluding hydrogens is 664 g/mol. The smallest absolute Gasteiger partial charge is 0.504 e. The van der Waals surface area contributed by atoms with Gasteiger partial charge in [0.05, 0.1) is 35.2 Å². The Hall–Kier alpha value is -2.97. The van der Waals surface area contributed by atoms with Crippen molar-refractivity contribution in [1.82, 2.24) is 19.9 Å². The van der Waals surface area contributed by atoms with Crippen LogP contribution in [0.2, 0.25) is 0 Å². The molecule has 0 fully saturated rings. The number of fused-ring (bicyclic) bond motifs is 3. The number of unbranched alkanes of at least 4 members (excludes halogenated alkanes) is 1. The zero-order chi connectivity index (χ0) is 29.6. The van der Waals surface area contributed by atoms with E-state index in [0.717, 1.165) is 35.1 Å². The van der Waals surface area contributed by atoms with Crippen LogP contribution >= 0.6 is 30.4 Å². The van der Waals surface area contributed by atoms with Gasteiger partial charge in [0.2, 0.25) is 5.91 Å². The van der Waals surface area contributed by atoms with E-state index < -0.39 is 7.82 Å². The van der Waals surface area contributed by atoms with Gasteiger partial charge in [0.1, 0.15) is 11.3 Å². The number of aryl methyl sites for hydroxylation is 1. The van der Waals surface area contributed by atoms with Gasteiger partial charge in [0.15, 0.2) is 17.3 Å². The number of nitrogens with two attached hydrogens (primary N) is 1. The van der Waals surface area contributed by atoms with Gasteiger partial charge in [-0.05, 0) is 36.6 Å². The van der Waals surface area contributed by atoms with Crippen LogP contribution in [0.3, 0.4) is 0 Å². The number of phosphoric acid groups is 1. The summed E-state index contributed by atoms with van der Waals surface area (Å²) in [6, 6.07) is 10.4. The second kappa shape index (κ2) is 13.8. The van der Waals surface area contributed by atoms with Gasteiger partial charge < -0.3 is 30.0 Å². The molecule has 2 heterocycles. The number of nitrogens with zero attached hydrogens (tertiary/aromatic N) is 3. The number of ether oxygens (including phenoxy) is 1. The number of imidazole rings is 1. The minimum atomic E-state index is -4.87. The van der Waals surface area contributed by atoms with Crippen molar-refractivity contribution < 1.29 is 33.5 Å². The summed E-state index contributed by atoms with van der Waals surface area (Å²) in [6.07, 6.45) is 3.12. The molecule has 0 aliphatic carbocycles. The highest BCUT2D eigenvalue weighted by Gasteiger charge is 2.22. The van der Waals surface area contributed by atoms with Crippen molar-refractivity contribution in [2.24, 2.45) is 0 Å². The Balaban J connectivity index is 1.70. The van der Waals surface area contributed by atoms with Crippen molar-refractivity contribution in [3.8, 4) is 11.5 Å². The number of carbonyl (C=O) groups excluding carboxylic acids is 1. The van der Waals surface area contributed by atoms with E-state index in [2.05, 4.69) is 21.7 Å². The molecule has 0 bridgehead atoms. The van der Waals surface area contributed by atoms with Gasteiger partial charge in [-0.2, -0.15) is 0 Å². The summed E-state index contributed by atoms with van der Waals surface area (Å²) in [5, 5.41) is 14.4. The third-order valence-electron chi connectivity index (χ3n) is 6.45. The number of aromatic nitrogens is 3. The molecule has 220 valence electrons. The van der Waals surface area contributed by atoms with Crippen molar-refractivity contribution in [3.63, 3.8) is 0 Å². The number of phenols is 1. The number of nitrogen functional groups attached to an aromatic ring is 1. The largest absolute Gasteiger partial charge is 0.524 e. The number of hydrogen-bond acceptors (Lipinski definition) is 8. The molecule has 0 unspecified atom stereocenters. The van der Waals surface area contributed by atoms with Gasteiger partial charge in [-0.25, -0.2) is 14.5 Å². The summed E-state index contributed by atoms with van der Waals surface area (Å²) >= 11 is 2.01. The van der Waals surface area contributed by atoms with Crippen LogP contribution < -0.4 is 15.6 Å². The van der Waals surface area contributed by atoms with Crippen molar-refractivity contribution in [2.45, 2.75) is 39.2 Å². The van der Waals surface area contributed by atoms with E-state index in [-0.39, 0.29) is 29.8 Å². The van der Waals surface area contributed by atoms with Gasteiger partial charge >= 0.3 is 7.82 Å². The fourth-order valence-electron chi connectivity index (χ4n) is 4.52. The number of anilines is 1. The number of rotatable bonds is 14. The minimum absolute atomic E-state index is 0.0243. The van der Waals surface area contributed by atoms with E-state index in [1.54, 1.807) is 12.1 Å². The van der Waals surface area contributed by atoms with Crippen LogP contribution in [0.5, 0.6) is 11.5 Å². The van der Waals surface area contributed by atoms with E-state index in [1.807, 2.05) is 45.4 Å². The number of phosphoric ester groups is 1. The lowest BCUT2D eigenvalue weighted by atomic mass is 10.1. The van der Waals surface area contributed by atoms with Crippen LogP contribution in [-0.2, 0) is 33.5 Å². The second-order valence-electron chi connectivity index (χ2n) is 9.46. The number of para-hydroxylation sites is 1. The normalized spacial score (nSPS) is 11.8. The Bertz CT molecular complexity index is 1590. The Labute approximate surface area is 250 Å². The first kappa shape index (κ1) is 31.0. The number of nitrogens with one attached hydrogen (secondary N) is 1. The van der Waals surface area contributed by atoms with Crippen LogP contribution in [0, 0.1) is 0 Å². The summed E-state index contributed by atoms with van der Waals surface area (Å²) in [5.74, 6) is 0.349. The number of alkyl halides is 1. The third-order valence-corrected chi connectivity index (χ3v) is 7.58. The molecule has 41 heavy (non-hydrogen) atoms. The summed E-state index contributed by atoms with van der Waals surface area (Å²) < 4.78 is 24.2. The summed E-state index contributed by atoms with van der Waals surface area (Å²) in [4.78, 5) is 39.3. The third kappa shape index (κ3) is 7.86. The van der Waals surface area contributed by atoms with Gasteiger partial charge in [0, 0.05) is 23.9 Å². The number of halogens is 1. The van der Waals surface area contributed by atoms with Crippen LogP contribution in [0.15, 0.2) is 36.4 Å². The lowest BCUT2D eigenvalue weighted by Crippen LogP contribution is -2.28. The van der Waals surface area contributed by atoms with Gasteiger partial charge in [0.25, 0.3) is 0 Å². The number of carbonyl (C=O) groups is 1. The number of amides is 1. The SMILES string of the molecule is CCCCc1nc2c(N)nc3ccc(CCOCCNC(=O)CI)cc3c2n1Cc1cccc(OP(=O)(O)O)c1O. The van der Waals surface area contributed by atoms with Crippen molar-refractivity contribution in [1.29, 1.82) is 0 Å². The molecule has 6 N–H and O–H groups in total. The molecule has 4 rings (SSSR count). The number of benzene rings is 2. The first-order chi connectivity index (χ1) is 19.6. The fourth-order valence-corrected chi connectivity index (χ4v) is 5.20. The van der Waals surface area contributed by atoms with E-state index in [1.165, 1.54) is 6.07 Å². The first-order valence-electron chi connectivity index (χ1n) is 13.1. The molecule has 0 aliphatic heterocycles. The minimum Gasteiger partial charge on any atom is -0.504 e. The highest BCUT2D eigenvalue weighted by molar-refractivity contribution is 14.1. The van der Waals surface area contributed by atoms with E-state index in [4.69, 9.17) is 15.5 Å². The molecule has 0 atom stereocenters. The van der Waals surface area contributed by atoms with Crippen molar-refractivity contribution in [3.05, 3.63) is 53.3 Å². The van der Waals surface area contributed by atoms with Gasteiger partial charge in [-0.1, -0.05) is 54.1 Å². The Morgan fingerprint density at radius 3 is 2.71 bits per heavy atom. The molecule has 0 saturated carbocycles. The first-order valence-corrected chi connectivity index (χ1v) is 16.2. The number of phenolic OH excluding ortho intramolecular Hbond substituents is 1. The van der Waals surface area contributed by atoms with Crippen molar-refractivity contribution in [2.75, 3.05) is 29.9 Å². The summed E-state index contributed by atoms with van der Waals surface area (Å²) in [5.41, 5.74) is 9.76. The van der Waals surface area contributed by atoms with E-state index in [9.17, 15) is 24.3 Å². The predicted octanol–water partition coefficient (Wildman–Crippen LogP) is 3.85. The quantitative estimate of drug-likeness (QED) is 0.0562. The van der Waals surface area contributed by atoms with E-state index >= 15 is 0 Å². The average molecular weight is 697 g/mol. The molecule has 2 aromatic carbocycles. The monoisotopic (exact) mass is 697 g/mol. The highest BCUT2D eigenvalue weighted by Crippen LogP contribution is 2.43. The second-order valence-corrected chi connectivity index (χ2v) is 11.4. The Kier molecular flexibility index (Phi) is 10.4. The zero-order valence-corrected chi connectivity index (χ0v) is 25.6. The molecule has 0 radical (unpaired) electrons. The number of hydrogen-bond donors (Lipinski definition) is 5. The Morgan fingerprint density at radius 2 is 1.98 bits per heavy atom. The maximum atomic E-state index is 11.4. The molecule has 4 aromatic rings. The van der Waals surface area contributed by atoms with Crippen LogP contribution in [0.1, 0.15) is 36.7 Å². The van der Waals surface area contributed by atoms with Crippen LogP contribution in [0.4, 0.5) is 5.82 Å². The lowest BCUT2D eigenvalue weighted by Gasteiger charge is -2.15. The molecule has 14 heteroatoms. The number of pyridine rings is 1.